The van der Waals surface area contributed by atoms with E-state index in [1.807, 2.05) is 26.8 Å². The Bertz CT molecular complexity index is 747. The van der Waals surface area contributed by atoms with Gasteiger partial charge in [-0.05, 0) is 62.8 Å². The van der Waals surface area contributed by atoms with Crippen LogP contribution in [-0.2, 0) is 32.4 Å². The van der Waals surface area contributed by atoms with Gasteiger partial charge < -0.3 is 9.84 Å². The van der Waals surface area contributed by atoms with Crippen molar-refractivity contribution in [1.82, 2.24) is 0 Å². The maximum absolute atomic E-state index is 12.1. The van der Waals surface area contributed by atoms with Crippen LogP contribution in [-0.4, -0.2) is 37.1 Å². The molecule has 0 aliphatic heterocycles. The minimum absolute atomic E-state index is 0.151. The van der Waals surface area contributed by atoms with Crippen LogP contribution in [0.3, 0.4) is 0 Å². The molecule has 0 radical (unpaired) electrons. The average Bonchev–Trinajstić information content (AvgIpc) is 2.48. The molecule has 0 aromatic heterocycles. The van der Waals surface area contributed by atoms with Gasteiger partial charge >= 0.3 is 5.97 Å². The van der Waals surface area contributed by atoms with Crippen LogP contribution in [0.2, 0.25) is 0 Å². The number of thioether (sulfide) groups is 1. The van der Waals surface area contributed by atoms with E-state index in [0.29, 0.717) is 12.0 Å². The number of rotatable bonds is 5. The molecule has 25 heavy (non-hydrogen) atoms. The number of aryl methyl sites for hydroxylation is 1. The molecular formula is C18H26O5S2. The standard InChI is InChI=1S/C18H26O5S2/c1-18(2,3)23-17(20)11-24-15-9-12-6-5-7-16(25(4,21)22)14(12)8-13(15)10-19/h8-9,16,19H,5-7,10-11H2,1-4H3. The molecule has 1 atom stereocenters. The van der Waals surface area contributed by atoms with Crippen molar-refractivity contribution < 1.29 is 23.1 Å². The number of aliphatic hydroxyl groups is 1. The third kappa shape index (κ3) is 5.46. The Balaban J connectivity index is 2.25. The topological polar surface area (TPSA) is 80.7 Å². The van der Waals surface area contributed by atoms with Crippen LogP contribution in [0, 0.1) is 0 Å². The minimum Gasteiger partial charge on any atom is -0.459 e. The zero-order chi connectivity index (χ0) is 18.8. The van der Waals surface area contributed by atoms with Crippen molar-refractivity contribution in [1.29, 1.82) is 0 Å². The van der Waals surface area contributed by atoms with Gasteiger partial charge in [0.2, 0.25) is 0 Å². The first-order chi connectivity index (χ1) is 11.5. The normalized spacial score (nSPS) is 17.9. The lowest BCUT2D eigenvalue weighted by molar-refractivity contribution is -0.151. The number of aliphatic hydroxyl groups excluding tert-OH is 1. The summed E-state index contributed by atoms with van der Waals surface area (Å²) in [4.78, 5) is 12.7. The number of carbonyl (C=O) groups is 1. The number of sulfone groups is 1. The fourth-order valence-corrected chi connectivity index (χ4v) is 5.19. The van der Waals surface area contributed by atoms with Crippen LogP contribution in [0.5, 0.6) is 0 Å². The van der Waals surface area contributed by atoms with Gasteiger partial charge in [0.15, 0.2) is 9.84 Å². The molecule has 140 valence electrons. The molecule has 0 saturated heterocycles. The van der Waals surface area contributed by atoms with Crippen molar-refractivity contribution in [2.24, 2.45) is 0 Å². The highest BCUT2D eigenvalue weighted by molar-refractivity contribution is 8.00. The van der Waals surface area contributed by atoms with Crippen molar-refractivity contribution in [3.8, 4) is 0 Å². The number of hydrogen-bond acceptors (Lipinski definition) is 6. The Morgan fingerprint density at radius 2 is 2.04 bits per heavy atom. The Morgan fingerprint density at radius 1 is 1.36 bits per heavy atom. The third-order valence-electron chi connectivity index (χ3n) is 4.03. The van der Waals surface area contributed by atoms with E-state index in [2.05, 4.69) is 0 Å². The molecule has 0 saturated carbocycles. The van der Waals surface area contributed by atoms with Crippen LogP contribution in [0.15, 0.2) is 17.0 Å². The molecule has 0 amide bonds. The Kier molecular flexibility index (Phi) is 6.22. The highest BCUT2D eigenvalue weighted by atomic mass is 32.2. The highest BCUT2D eigenvalue weighted by Gasteiger charge is 2.29. The molecule has 0 spiro atoms. The fraction of sp³-hybridized carbons (Fsp3) is 0.611. The summed E-state index contributed by atoms with van der Waals surface area (Å²) >= 11 is 1.32. The summed E-state index contributed by atoms with van der Waals surface area (Å²) in [5.74, 6) is -0.161. The van der Waals surface area contributed by atoms with Crippen molar-refractivity contribution >= 4 is 27.6 Å². The average molecular weight is 387 g/mol. The first kappa shape index (κ1) is 20.3. The molecule has 0 heterocycles. The number of ether oxygens (including phenoxy) is 1. The Morgan fingerprint density at radius 3 is 2.60 bits per heavy atom. The monoisotopic (exact) mass is 386 g/mol. The van der Waals surface area contributed by atoms with Gasteiger partial charge in [-0.2, -0.15) is 0 Å². The van der Waals surface area contributed by atoms with E-state index in [1.165, 1.54) is 18.0 Å². The van der Waals surface area contributed by atoms with Crippen LogP contribution in [0.1, 0.15) is 55.6 Å². The van der Waals surface area contributed by atoms with Crippen LogP contribution >= 0.6 is 11.8 Å². The molecule has 5 nitrogen and oxygen atoms in total. The van der Waals surface area contributed by atoms with Gasteiger partial charge in [0, 0.05) is 11.2 Å². The van der Waals surface area contributed by atoms with Crippen molar-refractivity contribution in [3.05, 3.63) is 28.8 Å². The Hall–Kier alpha value is -1.05. The molecule has 1 aromatic carbocycles. The van der Waals surface area contributed by atoms with Gasteiger partial charge in [-0.25, -0.2) is 8.42 Å². The lowest BCUT2D eigenvalue weighted by Crippen LogP contribution is -2.25. The number of fused-ring (bicyclic) bond motifs is 1. The quantitative estimate of drug-likeness (QED) is 0.619. The second-order valence-electron chi connectivity index (χ2n) is 7.40. The minimum atomic E-state index is -3.19. The molecule has 1 N–H and O–H groups in total. The van der Waals surface area contributed by atoms with Gasteiger partial charge in [0.05, 0.1) is 17.6 Å². The molecule has 0 fully saturated rings. The van der Waals surface area contributed by atoms with E-state index in [1.54, 1.807) is 6.07 Å². The maximum atomic E-state index is 12.1. The van der Waals surface area contributed by atoms with E-state index in [-0.39, 0.29) is 18.3 Å². The van der Waals surface area contributed by atoms with Crippen molar-refractivity contribution in [2.75, 3.05) is 12.0 Å². The SMILES string of the molecule is CC(C)(C)OC(=O)CSc1cc2c(cc1CO)C(S(C)(=O)=O)CCC2. The summed E-state index contributed by atoms with van der Waals surface area (Å²) in [6.07, 6.45) is 3.50. The molecule has 1 aliphatic carbocycles. The van der Waals surface area contributed by atoms with Crippen molar-refractivity contribution in [3.63, 3.8) is 0 Å². The summed E-state index contributed by atoms with van der Waals surface area (Å²) in [5.41, 5.74) is 1.91. The van der Waals surface area contributed by atoms with Gasteiger partial charge in [0.25, 0.3) is 0 Å². The number of benzene rings is 1. The zero-order valence-electron chi connectivity index (χ0n) is 15.2. The number of hydrogen-bond donors (Lipinski definition) is 1. The lowest BCUT2D eigenvalue weighted by atomic mass is 9.90. The number of esters is 1. The molecular weight excluding hydrogens is 360 g/mol. The number of carbonyl (C=O) groups excluding carboxylic acids is 1. The van der Waals surface area contributed by atoms with Gasteiger partial charge in [-0.1, -0.05) is 6.07 Å². The summed E-state index contributed by atoms with van der Waals surface area (Å²) in [5, 5.41) is 9.17. The van der Waals surface area contributed by atoms with Crippen molar-refractivity contribution in [2.45, 2.75) is 62.4 Å². The maximum Gasteiger partial charge on any atom is 0.316 e. The molecule has 2 rings (SSSR count). The van der Waals surface area contributed by atoms with E-state index in [4.69, 9.17) is 4.74 Å². The predicted molar refractivity (Wildman–Crippen MR) is 99.5 cm³/mol. The van der Waals surface area contributed by atoms with Crippen LogP contribution in [0.4, 0.5) is 0 Å². The predicted octanol–water partition coefficient (Wildman–Crippen LogP) is 3.03. The summed E-state index contributed by atoms with van der Waals surface area (Å²) < 4.78 is 29.4. The van der Waals surface area contributed by atoms with Gasteiger partial charge in [-0.15, -0.1) is 11.8 Å². The zero-order valence-corrected chi connectivity index (χ0v) is 16.8. The fourth-order valence-electron chi connectivity index (χ4n) is 3.05. The first-order valence-electron chi connectivity index (χ1n) is 8.31. The summed E-state index contributed by atoms with van der Waals surface area (Å²) in [7, 11) is -3.19. The van der Waals surface area contributed by atoms with E-state index >= 15 is 0 Å². The second-order valence-corrected chi connectivity index (χ2v) is 10.6. The molecule has 1 aliphatic rings. The van der Waals surface area contributed by atoms with Gasteiger partial charge in [0.1, 0.15) is 5.60 Å². The van der Waals surface area contributed by atoms with Crippen LogP contribution < -0.4 is 0 Å². The smallest absolute Gasteiger partial charge is 0.316 e. The Labute approximate surface area is 154 Å². The molecule has 1 unspecified atom stereocenters. The summed E-state index contributed by atoms with van der Waals surface area (Å²) in [6, 6.07) is 3.71. The highest BCUT2D eigenvalue weighted by Crippen LogP contribution is 2.38. The largest absolute Gasteiger partial charge is 0.459 e. The van der Waals surface area contributed by atoms with Gasteiger partial charge in [-0.3, -0.25) is 4.79 Å². The van der Waals surface area contributed by atoms with E-state index in [9.17, 15) is 18.3 Å². The molecule has 1 aromatic rings. The van der Waals surface area contributed by atoms with E-state index < -0.39 is 20.7 Å². The van der Waals surface area contributed by atoms with Crippen LogP contribution in [0.25, 0.3) is 0 Å². The third-order valence-corrected chi connectivity index (χ3v) is 6.63. The van der Waals surface area contributed by atoms with E-state index in [0.717, 1.165) is 28.9 Å². The first-order valence-corrected chi connectivity index (χ1v) is 11.3. The summed E-state index contributed by atoms with van der Waals surface area (Å²) in [6.45, 7) is 5.26. The lowest BCUT2D eigenvalue weighted by Gasteiger charge is -2.26. The second kappa shape index (κ2) is 7.68. The molecule has 7 heteroatoms. The molecule has 0 bridgehead atoms.